The SMILES string of the molecule is O=C(O)CCCOc1ccc(CNC(=O)Cn2nc3ccccn3c2=O)cc1. The van der Waals surface area contributed by atoms with E-state index in [9.17, 15) is 14.4 Å². The molecule has 2 aromatic heterocycles. The predicted octanol–water partition coefficient (Wildman–Crippen LogP) is 1.06. The smallest absolute Gasteiger partial charge is 0.350 e. The Kier molecular flexibility index (Phi) is 6.05. The third-order valence-corrected chi connectivity index (χ3v) is 4.00. The minimum absolute atomic E-state index is 0.0690. The van der Waals surface area contributed by atoms with Crippen LogP contribution in [0.3, 0.4) is 0 Å². The van der Waals surface area contributed by atoms with Crippen LogP contribution in [0.15, 0.2) is 53.5 Å². The van der Waals surface area contributed by atoms with Crippen molar-refractivity contribution in [1.29, 1.82) is 0 Å². The molecule has 9 heteroatoms. The third-order valence-electron chi connectivity index (χ3n) is 4.00. The number of pyridine rings is 1. The van der Waals surface area contributed by atoms with Crippen molar-refractivity contribution in [1.82, 2.24) is 19.5 Å². The molecule has 0 unspecified atom stereocenters. The second-order valence-corrected chi connectivity index (χ2v) is 6.14. The molecule has 0 aliphatic rings. The lowest BCUT2D eigenvalue weighted by molar-refractivity contribution is -0.137. The van der Waals surface area contributed by atoms with Crippen LogP contribution >= 0.6 is 0 Å². The number of nitrogens with one attached hydrogen (secondary N) is 1. The Labute approximate surface area is 160 Å². The summed E-state index contributed by atoms with van der Waals surface area (Å²) >= 11 is 0. The molecule has 0 atom stereocenters. The van der Waals surface area contributed by atoms with Gasteiger partial charge in [-0.05, 0) is 36.2 Å². The van der Waals surface area contributed by atoms with Crippen LogP contribution < -0.4 is 15.7 Å². The Morgan fingerprint density at radius 2 is 1.93 bits per heavy atom. The van der Waals surface area contributed by atoms with Crippen LogP contribution in [0.25, 0.3) is 5.65 Å². The molecule has 2 N–H and O–H groups in total. The van der Waals surface area contributed by atoms with Gasteiger partial charge in [0.2, 0.25) is 5.91 Å². The van der Waals surface area contributed by atoms with E-state index in [0.717, 1.165) is 10.2 Å². The zero-order valence-corrected chi connectivity index (χ0v) is 15.1. The monoisotopic (exact) mass is 384 g/mol. The largest absolute Gasteiger partial charge is 0.494 e. The molecular formula is C19H20N4O5. The van der Waals surface area contributed by atoms with Gasteiger partial charge in [0.15, 0.2) is 5.65 Å². The fourth-order valence-electron chi connectivity index (χ4n) is 2.58. The van der Waals surface area contributed by atoms with Crippen molar-refractivity contribution in [3.05, 3.63) is 64.7 Å². The molecule has 9 nitrogen and oxygen atoms in total. The van der Waals surface area contributed by atoms with Gasteiger partial charge in [-0.15, -0.1) is 5.10 Å². The Morgan fingerprint density at radius 1 is 1.14 bits per heavy atom. The second kappa shape index (κ2) is 8.85. The number of carbonyl (C=O) groups is 2. The number of fused-ring (bicyclic) bond motifs is 1. The minimum Gasteiger partial charge on any atom is -0.494 e. The molecule has 2 heterocycles. The molecule has 0 aliphatic carbocycles. The standard InChI is InChI=1S/C19H20N4O5/c24-17(13-23-19(27)22-10-2-1-4-16(22)21-23)20-12-14-6-8-15(9-7-14)28-11-3-5-18(25)26/h1-2,4,6-10H,3,5,11-13H2,(H,20,24)(H,25,26). The van der Waals surface area contributed by atoms with E-state index in [-0.39, 0.29) is 24.6 Å². The molecule has 0 fully saturated rings. The van der Waals surface area contributed by atoms with E-state index in [1.807, 2.05) is 12.1 Å². The van der Waals surface area contributed by atoms with Gasteiger partial charge in [0, 0.05) is 19.2 Å². The topological polar surface area (TPSA) is 115 Å². The summed E-state index contributed by atoms with van der Waals surface area (Å²) in [7, 11) is 0. The zero-order chi connectivity index (χ0) is 19.9. The number of benzene rings is 1. The van der Waals surface area contributed by atoms with Crippen molar-refractivity contribution in [2.45, 2.75) is 25.9 Å². The van der Waals surface area contributed by atoms with E-state index in [0.29, 0.717) is 31.0 Å². The molecule has 3 aromatic rings. The average molecular weight is 384 g/mol. The molecule has 3 rings (SSSR count). The molecule has 0 spiro atoms. The first-order valence-corrected chi connectivity index (χ1v) is 8.77. The summed E-state index contributed by atoms with van der Waals surface area (Å²) in [6.45, 7) is 0.474. The van der Waals surface area contributed by atoms with Gasteiger partial charge in [-0.3, -0.25) is 14.0 Å². The van der Waals surface area contributed by atoms with Crippen molar-refractivity contribution in [3.8, 4) is 5.75 Å². The highest BCUT2D eigenvalue weighted by Gasteiger charge is 2.10. The van der Waals surface area contributed by atoms with Crippen LogP contribution in [0, 0.1) is 0 Å². The number of carbonyl (C=O) groups excluding carboxylic acids is 1. The van der Waals surface area contributed by atoms with Crippen LogP contribution in [-0.4, -0.2) is 37.8 Å². The van der Waals surface area contributed by atoms with E-state index in [1.165, 1.54) is 4.40 Å². The Hall–Kier alpha value is -3.62. The van der Waals surface area contributed by atoms with Crippen molar-refractivity contribution in [2.24, 2.45) is 0 Å². The highest BCUT2D eigenvalue weighted by Crippen LogP contribution is 2.12. The maximum Gasteiger partial charge on any atom is 0.350 e. The van der Waals surface area contributed by atoms with Gasteiger partial charge in [0.1, 0.15) is 12.3 Å². The Morgan fingerprint density at radius 3 is 2.64 bits per heavy atom. The summed E-state index contributed by atoms with van der Waals surface area (Å²) in [6, 6.07) is 12.3. The molecule has 0 saturated heterocycles. The van der Waals surface area contributed by atoms with Crippen molar-refractivity contribution in [2.75, 3.05) is 6.61 Å². The fraction of sp³-hybridized carbons (Fsp3) is 0.263. The van der Waals surface area contributed by atoms with Crippen LogP contribution in [0.1, 0.15) is 18.4 Å². The zero-order valence-electron chi connectivity index (χ0n) is 15.1. The number of aliphatic carboxylic acids is 1. The quantitative estimate of drug-likeness (QED) is 0.533. The van der Waals surface area contributed by atoms with Crippen LogP contribution in [-0.2, 0) is 22.7 Å². The number of carboxylic acids is 1. The summed E-state index contributed by atoms with van der Waals surface area (Å²) in [5.74, 6) is -0.531. The first-order chi connectivity index (χ1) is 13.5. The van der Waals surface area contributed by atoms with Gasteiger partial charge in [-0.1, -0.05) is 18.2 Å². The van der Waals surface area contributed by atoms with E-state index >= 15 is 0 Å². The van der Waals surface area contributed by atoms with Gasteiger partial charge in [-0.25, -0.2) is 9.48 Å². The number of nitrogens with zero attached hydrogens (tertiary/aromatic N) is 3. The predicted molar refractivity (Wildman–Crippen MR) is 100 cm³/mol. The molecule has 1 amide bonds. The lowest BCUT2D eigenvalue weighted by atomic mass is 10.2. The number of ether oxygens (including phenoxy) is 1. The van der Waals surface area contributed by atoms with E-state index in [1.54, 1.807) is 36.5 Å². The normalized spacial score (nSPS) is 10.7. The minimum atomic E-state index is -0.847. The number of aromatic nitrogens is 3. The number of amides is 1. The van der Waals surface area contributed by atoms with Gasteiger partial charge in [0.05, 0.1) is 6.61 Å². The number of hydrogen-bond donors (Lipinski definition) is 2. The highest BCUT2D eigenvalue weighted by atomic mass is 16.5. The molecule has 28 heavy (non-hydrogen) atoms. The number of rotatable bonds is 9. The summed E-state index contributed by atoms with van der Waals surface area (Å²) in [5.41, 5.74) is 0.989. The highest BCUT2D eigenvalue weighted by molar-refractivity contribution is 5.75. The summed E-state index contributed by atoms with van der Waals surface area (Å²) < 4.78 is 7.96. The van der Waals surface area contributed by atoms with Crippen LogP contribution in [0.5, 0.6) is 5.75 Å². The molecular weight excluding hydrogens is 364 g/mol. The molecule has 0 bridgehead atoms. The van der Waals surface area contributed by atoms with Crippen molar-refractivity contribution >= 4 is 17.5 Å². The molecule has 1 aromatic carbocycles. The molecule has 146 valence electrons. The van der Waals surface area contributed by atoms with E-state index in [4.69, 9.17) is 9.84 Å². The van der Waals surface area contributed by atoms with Gasteiger partial charge >= 0.3 is 11.7 Å². The molecule has 0 aliphatic heterocycles. The van der Waals surface area contributed by atoms with E-state index in [2.05, 4.69) is 10.4 Å². The number of carboxylic acid groups (broad SMARTS) is 1. The van der Waals surface area contributed by atoms with Crippen molar-refractivity contribution in [3.63, 3.8) is 0 Å². The third kappa shape index (κ3) is 4.97. The van der Waals surface area contributed by atoms with Crippen LogP contribution in [0.4, 0.5) is 0 Å². The van der Waals surface area contributed by atoms with Crippen LogP contribution in [0.2, 0.25) is 0 Å². The van der Waals surface area contributed by atoms with Crippen molar-refractivity contribution < 1.29 is 19.4 Å². The Balaban J connectivity index is 1.48. The first-order valence-electron chi connectivity index (χ1n) is 8.77. The lowest BCUT2D eigenvalue weighted by Crippen LogP contribution is -2.32. The second-order valence-electron chi connectivity index (χ2n) is 6.14. The van der Waals surface area contributed by atoms with Gasteiger partial charge in [0.25, 0.3) is 0 Å². The number of hydrogen-bond acceptors (Lipinski definition) is 5. The maximum atomic E-state index is 12.2. The Bertz CT molecular complexity index is 1020. The van der Waals surface area contributed by atoms with Gasteiger partial charge < -0.3 is 15.2 Å². The summed E-state index contributed by atoms with van der Waals surface area (Å²) in [4.78, 5) is 34.7. The lowest BCUT2D eigenvalue weighted by Gasteiger charge is -2.08. The maximum absolute atomic E-state index is 12.2. The molecule has 0 radical (unpaired) electrons. The average Bonchev–Trinajstić information content (AvgIpc) is 3.00. The summed E-state index contributed by atoms with van der Waals surface area (Å²) in [5, 5.41) is 15.4. The summed E-state index contributed by atoms with van der Waals surface area (Å²) in [6.07, 6.45) is 2.11. The molecule has 0 saturated carbocycles. The van der Waals surface area contributed by atoms with Gasteiger partial charge in [-0.2, -0.15) is 0 Å². The first kappa shape index (κ1) is 19.2. The van der Waals surface area contributed by atoms with E-state index < -0.39 is 5.97 Å². The fourth-order valence-corrected chi connectivity index (χ4v) is 2.58.